The SMILES string of the molecule is O=C(Nc1ccccc1NC(=O)Nc1ccccc1NC(=O)Nc1cccc2ccccc12)Nc1ccccc1NC(=O)Nc1cccc2ccccc12. The van der Waals surface area contributed by atoms with Crippen LogP contribution in [-0.2, 0) is 0 Å². The number of urea groups is 4. The third kappa shape index (κ3) is 8.36. The number of nitrogens with one attached hydrogen (secondary N) is 8. The van der Waals surface area contributed by atoms with Crippen LogP contribution in [0.2, 0.25) is 0 Å². The summed E-state index contributed by atoms with van der Waals surface area (Å²) < 4.78 is 0. The van der Waals surface area contributed by atoms with Gasteiger partial charge in [-0.1, -0.05) is 109 Å². The molecular weight excluding hydrogens is 681 g/mol. The first-order valence-electron chi connectivity index (χ1n) is 16.9. The maximum Gasteiger partial charge on any atom is 0.323 e. The number of hydrogen-bond acceptors (Lipinski definition) is 4. The zero-order valence-corrected chi connectivity index (χ0v) is 28.6. The van der Waals surface area contributed by atoms with E-state index in [1.165, 1.54) is 0 Å². The highest BCUT2D eigenvalue weighted by atomic mass is 16.2. The molecule has 7 rings (SSSR count). The van der Waals surface area contributed by atoms with Crippen LogP contribution in [0.4, 0.5) is 64.7 Å². The maximum absolute atomic E-state index is 13.2. The molecular formula is C42H34N8O4. The average molecular weight is 715 g/mol. The lowest BCUT2D eigenvalue weighted by Crippen LogP contribution is -2.25. The first kappa shape index (κ1) is 34.6. The van der Waals surface area contributed by atoms with E-state index in [2.05, 4.69) is 42.5 Å². The standard InChI is InChI=1S/C42H34N8O4/c51-39(43-31-25-11-15-27-13-1-3-17-29(27)31)45-33-19-5-7-21-35(33)47-41(53)49-37-23-9-10-24-38(37)50-42(54)48-36-22-8-6-20-34(36)46-40(52)44-32-26-12-16-28-14-2-4-18-30(28)32/h1-26H,(H2,43,45,51)(H2,44,46,52)(H2,47,49,53)(H2,48,50,54). The van der Waals surface area contributed by atoms with Crippen LogP contribution in [0.3, 0.4) is 0 Å². The molecule has 0 heterocycles. The van der Waals surface area contributed by atoms with Gasteiger partial charge in [-0.3, -0.25) is 0 Å². The lowest BCUT2D eigenvalue weighted by atomic mass is 10.1. The van der Waals surface area contributed by atoms with Crippen LogP contribution in [-0.4, -0.2) is 24.1 Å². The summed E-state index contributed by atoms with van der Waals surface area (Å²) in [6.45, 7) is 0. The van der Waals surface area contributed by atoms with Crippen LogP contribution in [0.25, 0.3) is 21.5 Å². The lowest BCUT2D eigenvalue weighted by Gasteiger charge is -2.17. The monoisotopic (exact) mass is 714 g/mol. The highest BCUT2D eigenvalue weighted by molar-refractivity contribution is 6.12. The zero-order chi connectivity index (χ0) is 37.3. The molecule has 0 unspecified atom stereocenters. The minimum absolute atomic E-state index is 0.310. The highest BCUT2D eigenvalue weighted by Gasteiger charge is 2.15. The minimum atomic E-state index is -0.611. The molecule has 0 aromatic heterocycles. The van der Waals surface area contributed by atoms with Crippen LogP contribution in [0, 0.1) is 0 Å². The quantitative estimate of drug-likeness (QED) is 0.0786. The molecule has 7 aromatic rings. The molecule has 0 spiro atoms. The average Bonchev–Trinajstić information content (AvgIpc) is 3.17. The molecule has 0 aliphatic heterocycles. The summed E-state index contributed by atoms with van der Waals surface area (Å²) in [5.74, 6) is 0. The van der Waals surface area contributed by atoms with E-state index in [0.29, 0.717) is 45.5 Å². The van der Waals surface area contributed by atoms with Crippen LogP contribution < -0.4 is 42.5 Å². The first-order valence-corrected chi connectivity index (χ1v) is 16.9. The molecule has 0 radical (unpaired) electrons. The summed E-state index contributed by atoms with van der Waals surface area (Å²) in [5, 5.41) is 26.2. The summed E-state index contributed by atoms with van der Waals surface area (Å²) in [7, 11) is 0. The highest BCUT2D eigenvalue weighted by Crippen LogP contribution is 2.28. The second kappa shape index (κ2) is 16.0. The van der Waals surface area contributed by atoms with Gasteiger partial charge in [0.25, 0.3) is 0 Å². The molecule has 266 valence electrons. The Morgan fingerprint density at radius 2 is 0.444 bits per heavy atom. The molecule has 12 nitrogen and oxygen atoms in total. The second-order valence-electron chi connectivity index (χ2n) is 12.0. The van der Waals surface area contributed by atoms with Crippen LogP contribution in [0.15, 0.2) is 158 Å². The molecule has 0 saturated carbocycles. The predicted molar refractivity (Wildman–Crippen MR) is 218 cm³/mol. The Morgan fingerprint density at radius 1 is 0.241 bits per heavy atom. The number of para-hydroxylation sites is 6. The molecule has 0 saturated heterocycles. The van der Waals surface area contributed by atoms with Crippen molar-refractivity contribution in [1.82, 2.24) is 0 Å². The molecule has 0 fully saturated rings. The number of carbonyl (C=O) groups excluding carboxylic acids is 4. The number of anilines is 8. The number of fused-ring (bicyclic) bond motifs is 2. The summed E-state index contributed by atoms with van der Waals surface area (Å²) in [6, 6.07) is 44.7. The van der Waals surface area contributed by atoms with Crippen molar-refractivity contribution < 1.29 is 19.2 Å². The summed E-state index contributed by atoms with van der Waals surface area (Å²) in [4.78, 5) is 52.4. The second-order valence-corrected chi connectivity index (χ2v) is 12.0. The summed E-state index contributed by atoms with van der Waals surface area (Å²) >= 11 is 0. The fourth-order valence-electron chi connectivity index (χ4n) is 5.88. The van der Waals surface area contributed by atoms with E-state index in [9.17, 15) is 19.2 Å². The van der Waals surface area contributed by atoms with Gasteiger partial charge in [0.15, 0.2) is 0 Å². The maximum atomic E-state index is 13.2. The van der Waals surface area contributed by atoms with Gasteiger partial charge in [0, 0.05) is 10.8 Å². The minimum Gasteiger partial charge on any atom is -0.307 e. The van der Waals surface area contributed by atoms with Crippen molar-refractivity contribution in [2.75, 3.05) is 42.5 Å². The smallest absolute Gasteiger partial charge is 0.307 e. The van der Waals surface area contributed by atoms with E-state index in [4.69, 9.17) is 0 Å². The normalized spacial score (nSPS) is 10.5. The number of benzene rings is 7. The fraction of sp³-hybridized carbons (Fsp3) is 0. The lowest BCUT2D eigenvalue weighted by molar-refractivity contribution is 0.260. The van der Waals surface area contributed by atoms with E-state index in [-0.39, 0.29) is 0 Å². The van der Waals surface area contributed by atoms with E-state index in [1.54, 1.807) is 72.8 Å². The summed E-state index contributed by atoms with van der Waals surface area (Å²) in [6.07, 6.45) is 0. The third-order valence-corrected chi connectivity index (χ3v) is 8.35. The van der Waals surface area contributed by atoms with Crippen LogP contribution >= 0.6 is 0 Å². The Kier molecular flexibility index (Phi) is 10.2. The van der Waals surface area contributed by atoms with Gasteiger partial charge in [0.2, 0.25) is 0 Å². The molecule has 0 aliphatic carbocycles. The van der Waals surface area contributed by atoms with Gasteiger partial charge in [0.05, 0.1) is 45.5 Å². The van der Waals surface area contributed by atoms with E-state index in [0.717, 1.165) is 21.5 Å². The Balaban J connectivity index is 0.969. The van der Waals surface area contributed by atoms with Crippen molar-refractivity contribution in [3.63, 3.8) is 0 Å². The van der Waals surface area contributed by atoms with Crippen LogP contribution in [0.5, 0.6) is 0 Å². The summed E-state index contributed by atoms with van der Waals surface area (Å²) in [5.41, 5.74) is 3.34. The van der Waals surface area contributed by atoms with E-state index in [1.807, 2.05) is 84.9 Å². The van der Waals surface area contributed by atoms with Crippen molar-refractivity contribution in [1.29, 1.82) is 0 Å². The number of hydrogen-bond donors (Lipinski definition) is 8. The molecule has 0 aliphatic rings. The molecule has 0 atom stereocenters. The van der Waals surface area contributed by atoms with E-state index >= 15 is 0 Å². The van der Waals surface area contributed by atoms with Crippen LogP contribution in [0.1, 0.15) is 0 Å². The van der Waals surface area contributed by atoms with Gasteiger partial charge in [-0.05, 0) is 59.3 Å². The number of carbonyl (C=O) groups is 4. The first-order chi connectivity index (χ1) is 26.4. The van der Waals surface area contributed by atoms with Crippen molar-refractivity contribution in [3.8, 4) is 0 Å². The Morgan fingerprint density at radius 3 is 0.741 bits per heavy atom. The van der Waals surface area contributed by atoms with Crippen molar-refractivity contribution >= 4 is 91.2 Å². The van der Waals surface area contributed by atoms with Gasteiger partial charge in [-0.15, -0.1) is 0 Å². The number of amides is 8. The molecule has 8 N–H and O–H groups in total. The topological polar surface area (TPSA) is 165 Å². The largest absolute Gasteiger partial charge is 0.323 e. The Labute approximate surface area is 310 Å². The third-order valence-electron chi connectivity index (χ3n) is 8.35. The molecule has 0 bridgehead atoms. The van der Waals surface area contributed by atoms with Gasteiger partial charge in [0.1, 0.15) is 0 Å². The van der Waals surface area contributed by atoms with Gasteiger partial charge in [-0.2, -0.15) is 0 Å². The van der Waals surface area contributed by atoms with Crippen molar-refractivity contribution in [3.05, 3.63) is 158 Å². The molecule has 12 heteroatoms. The van der Waals surface area contributed by atoms with Gasteiger partial charge >= 0.3 is 24.1 Å². The van der Waals surface area contributed by atoms with Gasteiger partial charge in [-0.25, -0.2) is 19.2 Å². The predicted octanol–water partition coefficient (Wildman–Crippen LogP) is 10.6. The van der Waals surface area contributed by atoms with Crippen molar-refractivity contribution in [2.24, 2.45) is 0 Å². The van der Waals surface area contributed by atoms with Crippen molar-refractivity contribution in [2.45, 2.75) is 0 Å². The fourth-order valence-corrected chi connectivity index (χ4v) is 5.88. The zero-order valence-electron chi connectivity index (χ0n) is 28.6. The van der Waals surface area contributed by atoms with E-state index < -0.39 is 24.1 Å². The molecule has 8 amide bonds. The molecule has 54 heavy (non-hydrogen) atoms. The number of rotatable bonds is 8. The molecule has 7 aromatic carbocycles. The Bertz CT molecular complexity index is 2340. The van der Waals surface area contributed by atoms with Gasteiger partial charge < -0.3 is 42.5 Å². The Hall–Kier alpha value is -7.86.